The summed E-state index contributed by atoms with van der Waals surface area (Å²) < 4.78 is 0. The Balaban J connectivity index is 1.32. The molecule has 3 N–H and O–H groups in total. The van der Waals surface area contributed by atoms with E-state index in [0.29, 0.717) is 5.56 Å². The maximum Gasteiger partial charge on any atom is 0.0991 e. The molecular weight excluding hydrogens is 534 g/mol. The Hall–Kier alpha value is -5.53. The van der Waals surface area contributed by atoms with E-state index in [1.165, 1.54) is 37.9 Å². The molecule has 0 aliphatic rings. The zero-order chi connectivity index (χ0) is 29.9. The lowest BCUT2D eigenvalue weighted by molar-refractivity contribution is 0.509. The molecule has 3 heteroatoms. The molecular formula is C41H31N3. The topological polar surface area (TPSA) is 61.8 Å². The summed E-state index contributed by atoms with van der Waals surface area (Å²) in [7, 11) is 0. The lowest BCUT2D eigenvalue weighted by Gasteiger charge is -2.22. The third-order valence-corrected chi connectivity index (χ3v) is 8.40. The van der Waals surface area contributed by atoms with Crippen molar-refractivity contribution in [2.45, 2.75) is 12.2 Å². The number of nitriles is 1. The summed E-state index contributed by atoms with van der Waals surface area (Å²) in [5, 5.41) is 20.2. The van der Waals surface area contributed by atoms with E-state index in [2.05, 4.69) is 127 Å². The van der Waals surface area contributed by atoms with Gasteiger partial charge in [0, 0.05) is 0 Å². The minimum absolute atomic E-state index is 0.144. The Kier molecular flexibility index (Phi) is 7.44. The molecule has 2 atom stereocenters. The molecule has 0 amide bonds. The van der Waals surface area contributed by atoms with E-state index < -0.39 is 0 Å². The molecule has 3 nitrogen and oxygen atoms in total. The van der Waals surface area contributed by atoms with E-state index in [1.807, 2.05) is 42.5 Å². The summed E-state index contributed by atoms with van der Waals surface area (Å²) in [5.74, 6) is 0. The van der Waals surface area contributed by atoms with Crippen molar-refractivity contribution in [2.75, 3.05) is 0 Å². The molecule has 2 unspecified atom stereocenters. The summed E-state index contributed by atoms with van der Waals surface area (Å²) in [4.78, 5) is 0. The molecule has 0 bridgehead atoms. The molecule has 0 spiro atoms. The molecule has 0 radical (unpaired) electrons. The standard InChI is InChI=1S/C41H31N3/c42-27-28-14-16-29(17-15-28)30-18-20-32(21-19-30)40(44-41(43)33-9-2-1-3-10-33)25-24-37-36-13-7-5-11-34(36)26-39-35-12-6-4-8-31(35)22-23-38(37)39/h1-26,40-41,44H,43H2/b25-24+. The van der Waals surface area contributed by atoms with Crippen molar-refractivity contribution in [2.24, 2.45) is 5.73 Å². The molecule has 44 heavy (non-hydrogen) atoms. The molecule has 210 valence electrons. The number of fused-ring (bicyclic) bond motifs is 4. The second-order valence-corrected chi connectivity index (χ2v) is 11.1. The predicted molar refractivity (Wildman–Crippen MR) is 184 cm³/mol. The van der Waals surface area contributed by atoms with Crippen LogP contribution in [0.25, 0.3) is 49.5 Å². The Bertz CT molecular complexity index is 2160. The van der Waals surface area contributed by atoms with Gasteiger partial charge in [-0.05, 0) is 78.3 Å². The van der Waals surface area contributed by atoms with Crippen LogP contribution in [0.15, 0.2) is 152 Å². The summed E-state index contributed by atoms with van der Waals surface area (Å²) in [6, 6.07) is 52.4. The predicted octanol–water partition coefficient (Wildman–Crippen LogP) is 9.69. The van der Waals surface area contributed by atoms with Crippen LogP contribution >= 0.6 is 0 Å². The van der Waals surface area contributed by atoms with Gasteiger partial charge in [-0.25, -0.2) is 0 Å². The zero-order valence-electron chi connectivity index (χ0n) is 24.2. The van der Waals surface area contributed by atoms with Crippen molar-refractivity contribution < 1.29 is 0 Å². The highest BCUT2D eigenvalue weighted by atomic mass is 15.0. The van der Waals surface area contributed by atoms with Crippen molar-refractivity contribution >= 4 is 38.4 Å². The van der Waals surface area contributed by atoms with Crippen molar-refractivity contribution in [3.05, 3.63) is 174 Å². The first kappa shape index (κ1) is 27.3. The van der Waals surface area contributed by atoms with Crippen LogP contribution in [0.3, 0.4) is 0 Å². The first-order valence-electron chi connectivity index (χ1n) is 14.9. The summed E-state index contributed by atoms with van der Waals surface area (Å²) in [6.07, 6.45) is 4.14. The van der Waals surface area contributed by atoms with Gasteiger partial charge >= 0.3 is 0 Å². The van der Waals surface area contributed by atoms with Gasteiger partial charge in [-0.2, -0.15) is 5.26 Å². The number of rotatable bonds is 7. The Morgan fingerprint density at radius 2 is 1.20 bits per heavy atom. The van der Waals surface area contributed by atoms with Crippen molar-refractivity contribution in [1.29, 1.82) is 5.26 Å². The molecule has 0 saturated heterocycles. The number of benzene rings is 7. The fourth-order valence-electron chi connectivity index (χ4n) is 6.06. The molecule has 0 aliphatic carbocycles. The molecule has 0 aliphatic heterocycles. The van der Waals surface area contributed by atoms with E-state index in [4.69, 9.17) is 5.73 Å². The van der Waals surface area contributed by atoms with Crippen LogP contribution < -0.4 is 11.1 Å². The highest BCUT2D eigenvalue weighted by molar-refractivity contribution is 6.16. The Labute approximate surface area is 257 Å². The van der Waals surface area contributed by atoms with Gasteiger partial charge < -0.3 is 5.73 Å². The third kappa shape index (κ3) is 5.37. The fraction of sp³-hybridized carbons (Fsp3) is 0.0488. The van der Waals surface area contributed by atoms with Crippen molar-refractivity contribution in [3.8, 4) is 17.2 Å². The number of hydrogen-bond acceptors (Lipinski definition) is 3. The first-order chi connectivity index (χ1) is 21.7. The van der Waals surface area contributed by atoms with Crippen LogP contribution in [-0.2, 0) is 0 Å². The van der Waals surface area contributed by atoms with Gasteiger partial charge in [0.05, 0.1) is 23.8 Å². The maximum absolute atomic E-state index is 9.17. The molecule has 0 saturated carbocycles. The van der Waals surface area contributed by atoms with Gasteiger partial charge in [-0.1, -0.05) is 140 Å². The number of hydrogen-bond donors (Lipinski definition) is 2. The number of nitrogens with two attached hydrogens (primary N) is 1. The quantitative estimate of drug-likeness (QED) is 0.115. The molecule has 7 aromatic rings. The van der Waals surface area contributed by atoms with Gasteiger partial charge in [0.1, 0.15) is 0 Å². The number of nitrogens with zero attached hydrogens (tertiary/aromatic N) is 1. The second-order valence-electron chi connectivity index (χ2n) is 11.1. The van der Waals surface area contributed by atoms with Crippen LogP contribution in [0, 0.1) is 11.3 Å². The highest BCUT2D eigenvalue weighted by Gasteiger charge is 2.15. The van der Waals surface area contributed by atoms with Crippen LogP contribution in [0.4, 0.5) is 0 Å². The van der Waals surface area contributed by atoms with Gasteiger partial charge in [-0.3, -0.25) is 5.32 Å². The van der Waals surface area contributed by atoms with Gasteiger partial charge in [-0.15, -0.1) is 0 Å². The number of nitrogens with one attached hydrogen (secondary N) is 1. The Morgan fingerprint density at radius 3 is 1.93 bits per heavy atom. The highest BCUT2D eigenvalue weighted by Crippen LogP contribution is 2.35. The van der Waals surface area contributed by atoms with E-state index in [1.54, 1.807) is 0 Å². The zero-order valence-corrected chi connectivity index (χ0v) is 24.2. The molecule has 0 fully saturated rings. The van der Waals surface area contributed by atoms with E-state index >= 15 is 0 Å². The monoisotopic (exact) mass is 565 g/mol. The van der Waals surface area contributed by atoms with Crippen LogP contribution in [0.5, 0.6) is 0 Å². The average Bonchev–Trinajstić information content (AvgIpc) is 3.10. The smallest absolute Gasteiger partial charge is 0.0991 e. The van der Waals surface area contributed by atoms with E-state index in [-0.39, 0.29) is 12.2 Å². The summed E-state index contributed by atoms with van der Waals surface area (Å²) >= 11 is 0. The largest absolute Gasteiger partial charge is 0.312 e. The SMILES string of the molecule is N#Cc1ccc(-c2ccc(C(/C=C/c3c4ccccc4cc4c3ccc3ccccc34)NC(N)c3ccccc3)cc2)cc1. The summed E-state index contributed by atoms with van der Waals surface area (Å²) in [5.41, 5.74) is 12.9. The molecule has 0 aromatic heterocycles. The van der Waals surface area contributed by atoms with Gasteiger partial charge in [0.15, 0.2) is 0 Å². The fourth-order valence-corrected chi connectivity index (χ4v) is 6.06. The minimum Gasteiger partial charge on any atom is -0.312 e. The lowest BCUT2D eigenvalue weighted by Crippen LogP contribution is -2.31. The van der Waals surface area contributed by atoms with E-state index in [0.717, 1.165) is 22.3 Å². The molecule has 7 rings (SSSR count). The molecule has 0 heterocycles. The average molecular weight is 566 g/mol. The van der Waals surface area contributed by atoms with Crippen LogP contribution in [0.2, 0.25) is 0 Å². The minimum atomic E-state index is -0.350. The summed E-state index contributed by atoms with van der Waals surface area (Å²) in [6.45, 7) is 0. The van der Waals surface area contributed by atoms with Crippen LogP contribution in [0.1, 0.15) is 34.5 Å². The van der Waals surface area contributed by atoms with Crippen molar-refractivity contribution in [1.82, 2.24) is 5.32 Å². The lowest BCUT2D eigenvalue weighted by atomic mass is 9.92. The maximum atomic E-state index is 9.17. The van der Waals surface area contributed by atoms with Gasteiger partial charge in [0.2, 0.25) is 0 Å². The van der Waals surface area contributed by atoms with E-state index in [9.17, 15) is 5.26 Å². The first-order valence-corrected chi connectivity index (χ1v) is 14.9. The normalized spacial score (nSPS) is 12.9. The Morgan fingerprint density at radius 1 is 0.568 bits per heavy atom. The van der Waals surface area contributed by atoms with Gasteiger partial charge in [0.25, 0.3) is 0 Å². The second kappa shape index (κ2) is 12.0. The van der Waals surface area contributed by atoms with Crippen LogP contribution in [-0.4, -0.2) is 0 Å². The van der Waals surface area contributed by atoms with Crippen molar-refractivity contribution in [3.63, 3.8) is 0 Å². The third-order valence-electron chi connectivity index (χ3n) is 8.40. The molecule has 7 aromatic carbocycles.